The van der Waals surface area contributed by atoms with Gasteiger partial charge in [-0.3, -0.25) is 15.0 Å². The molecule has 2 heterocycles. The second-order valence-corrected chi connectivity index (χ2v) is 8.84. The van der Waals surface area contributed by atoms with Crippen molar-refractivity contribution in [2.24, 2.45) is 11.8 Å². The van der Waals surface area contributed by atoms with Crippen molar-refractivity contribution in [2.75, 3.05) is 18.4 Å². The number of piperidine rings is 1. The molecule has 1 fully saturated rings. The Bertz CT molecular complexity index is 866. The number of nitrogens with one attached hydrogen (secondary N) is 1. The highest BCUT2D eigenvalue weighted by Crippen LogP contribution is 2.24. The van der Waals surface area contributed by atoms with Gasteiger partial charge in [-0.1, -0.05) is 32.9 Å². The van der Waals surface area contributed by atoms with Gasteiger partial charge in [0.2, 0.25) is 0 Å². The molecule has 0 bridgehead atoms. The average Bonchev–Trinajstić information content (AvgIpc) is 3.14. The Morgan fingerprint density at radius 2 is 2.10 bits per heavy atom. The van der Waals surface area contributed by atoms with E-state index in [4.69, 9.17) is 4.74 Å². The standard InChI is InChI=1S/C22H28N4O2S/c1-15(2)20(28-19-7-5-4-6-17(19)12-23)21(27)25-22-24-18(14-29-22)13-26-10-8-16(3)9-11-26/h4-7,14-16,20H,8-11,13H2,1-3H3,(H,24,25,27). The summed E-state index contributed by atoms with van der Waals surface area (Å²) in [4.78, 5) is 19.8. The lowest BCUT2D eigenvalue weighted by Crippen LogP contribution is -2.37. The number of thiazole rings is 1. The lowest BCUT2D eigenvalue weighted by atomic mass is 9.99. The fraction of sp³-hybridized carbons (Fsp3) is 0.500. The number of benzene rings is 1. The summed E-state index contributed by atoms with van der Waals surface area (Å²) >= 11 is 1.43. The van der Waals surface area contributed by atoms with Gasteiger partial charge in [0.1, 0.15) is 11.8 Å². The van der Waals surface area contributed by atoms with Crippen LogP contribution in [0.25, 0.3) is 0 Å². The molecule has 1 unspecified atom stereocenters. The number of ether oxygens (including phenoxy) is 1. The van der Waals surface area contributed by atoms with Crippen LogP contribution in [0.1, 0.15) is 44.9 Å². The van der Waals surface area contributed by atoms with Gasteiger partial charge in [0.15, 0.2) is 11.2 Å². The minimum absolute atomic E-state index is 0.0588. The summed E-state index contributed by atoms with van der Waals surface area (Å²) in [5, 5.41) is 14.7. The summed E-state index contributed by atoms with van der Waals surface area (Å²) in [6.45, 7) is 9.16. The minimum atomic E-state index is -0.708. The first-order valence-electron chi connectivity index (χ1n) is 10.1. The zero-order chi connectivity index (χ0) is 20.8. The van der Waals surface area contributed by atoms with Crippen molar-refractivity contribution >= 4 is 22.4 Å². The fourth-order valence-corrected chi connectivity index (χ4v) is 4.06. The van der Waals surface area contributed by atoms with E-state index in [0.29, 0.717) is 16.4 Å². The quantitative estimate of drug-likeness (QED) is 0.734. The van der Waals surface area contributed by atoms with Crippen LogP contribution in [0.3, 0.4) is 0 Å². The monoisotopic (exact) mass is 412 g/mol. The maximum absolute atomic E-state index is 12.8. The first-order chi connectivity index (χ1) is 14.0. The molecule has 1 amide bonds. The van der Waals surface area contributed by atoms with Gasteiger partial charge < -0.3 is 4.74 Å². The molecule has 3 rings (SSSR count). The lowest BCUT2D eigenvalue weighted by Gasteiger charge is -2.29. The molecule has 0 radical (unpaired) electrons. The van der Waals surface area contributed by atoms with Crippen LogP contribution in [0, 0.1) is 23.2 Å². The molecule has 1 saturated heterocycles. The number of nitriles is 1. The topological polar surface area (TPSA) is 78.3 Å². The minimum Gasteiger partial charge on any atom is -0.479 e. The number of para-hydroxylation sites is 1. The maximum atomic E-state index is 12.8. The molecule has 0 saturated carbocycles. The van der Waals surface area contributed by atoms with Crippen molar-refractivity contribution < 1.29 is 9.53 Å². The van der Waals surface area contributed by atoms with Crippen molar-refractivity contribution in [3.63, 3.8) is 0 Å². The predicted molar refractivity (Wildman–Crippen MR) is 115 cm³/mol. The molecular formula is C22H28N4O2S. The van der Waals surface area contributed by atoms with Crippen molar-refractivity contribution in [1.82, 2.24) is 9.88 Å². The van der Waals surface area contributed by atoms with E-state index in [-0.39, 0.29) is 11.8 Å². The number of amides is 1. The van der Waals surface area contributed by atoms with E-state index in [1.165, 1.54) is 24.2 Å². The normalized spacial score (nSPS) is 16.4. The molecule has 2 aromatic rings. The van der Waals surface area contributed by atoms with E-state index >= 15 is 0 Å². The fourth-order valence-electron chi connectivity index (χ4n) is 3.35. The Balaban J connectivity index is 1.61. The van der Waals surface area contributed by atoms with Crippen LogP contribution in [0.5, 0.6) is 5.75 Å². The van der Waals surface area contributed by atoms with Crippen LogP contribution in [-0.4, -0.2) is 35.0 Å². The number of hydrogen-bond acceptors (Lipinski definition) is 6. The number of carbonyl (C=O) groups excluding carboxylic acids is 1. The van der Waals surface area contributed by atoms with Crippen LogP contribution >= 0.6 is 11.3 Å². The summed E-state index contributed by atoms with van der Waals surface area (Å²) in [6, 6.07) is 9.06. The van der Waals surface area contributed by atoms with Gasteiger partial charge in [-0.25, -0.2) is 4.98 Å². The molecule has 1 aromatic heterocycles. The Morgan fingerprint density at radius 3 is 2.79 bits per heavy atom. The molecule has 0 spiro atoms. The summed E-state index contributed by atoms with van der Waals surface area (Å²) < 4.78 is 5.90. The predicted octanol–water partition coefficient (Wildman–Crippen LogP) is 4.29. The van der Waals surface area contributed by atoms with Crippen LogP contribution in [0.2, 0.25) is 0 Å². The summed E-state index contributed by atoms with van der Waals surface area (Å²) in [5.41, 5.74) is 1.40. The molecule has 0 aliphatic carbocycles. The molecule has 6 nitrogen and oxygen atoms in total. The van der Waals surface area contributed by atoms with Gasteiger partial charge in [0.05, 0.1) is 11.3 Å². The molecular weight excluding hydrogens is 384 g/mol. The Hall–Kier alpha value is -2.43. The second kappa shape index (κ2) is 9.86. The molecule has 29 heavy (non-hydrogen) atoms. The molecule has 154 valence electrons. The molecule has 7 heteroatoms. The number of carbonyl (C=O) groups is 1. The smallest absolute Gasteiger partial charge is 0.267 e. The van der Waals surface area contributed by atoms with E-state index < -0.39 is 6.10 Å². The first-order valence-corrected chi connectivity index (χ1v) is 11.0. The molecule has 1 atom stereocenters. The molecule has 1 N–H and O–H groups in total. The SMILES string of the molecule is CC1CCN(Cc2csc(NC(=O)C(Oc3ccccc3C#N)C(C)C)n2)CC1. The van der Waals surface area contributed by atoms with Crippen LogP contribution < -0.4 is 10.1 Å². The van der Waals surface area contributed by atoms with Crippen molar-refractivity contribution in [3.05, 3.63) is 40.9 Å². The average molecular weight is 413 g/mol. The molecule has 1 aromatic carbocycles. The van der Waals surface area contributed by atoms with Crippen LogP contribution in [-0.2, 0) is 11.3 Å². The lowest BCUT2D eigenvalue weighted by molar-refractivity contribution is -0.124. The Kier molecular flexibility index (Phi) is 7.24. The Morgan fingerprint density at radius 1 is 1.38 bits per heavy atom. The van der Waals surface area contributed by atoms with E-state index in [1.807, 2.05) is 19.2 Å². The summed E-state index contributed by atoms with van der Waals surface area (Å²) in [7, 11) is 0. The third-order valence-electron chi connectivity index (χ3n) is 5.17. The maximum Gasteiger partial charge on any atom is 0.267 e. The number of aromatic nitrogens is 1. The van der Waals surface area contributed by atoms with E-state index in [1.54, 1.807) is 24.3 Å². The van der Waals surface area contributed by atoms with Gasteiger partial charge in [-0.15, -0.1) is 11.3 Å². The number of likely N-dealkylation sites (tertiary alicyclic amines) is 1. The highest BCUT2D eigenvalue weighted by molar-refractivity contribution is 7.13. The summed E-state index contributed by atoms with van der Waals surface area (Å²) in [6.07, 6.45) is 1.75. The van der Waals surface area contributed by atoms with Gasteiger partial charge in [0, 0.05) is 11.9 Å². The third kappa shape index (κ3) is 5.78. The van der Waals surface area contributed by atoms with Crippen molar-refractivity contribution in [2.45, 2.75) is 46.3 Å². The van der Waals surface area contributed by atoms with Crippen LogP contribution in [0.15, 0.2) is 29.6 Å². The van der Waals surface area contributed by atoms with E-state index in [9.17, 15) is 10.1 Å². The van der Waals surface area contributed by atoms with Crippen molar-refractivity contribution in [1.29, 1.82) is 5.26 Å². The van der Waals surface area contributed by atoms with Gasteiger partial charge in [-0.05, 0) is 49.9 Å². The van der Waals surface area contributed by atoms with Crippen molar-refractivity contribution in [3.8, 4) is 11.8 Å². The molecule has 1 aliphatic heterocycles. The largest absolute Gasteiger partial charge is 0.479 e. The van der Waals surface area contributed by atoms with E-state index in [0.717, 1.165) is 31.2 Å². The summed E-state index contributed by atoms with van der Waals surface area (Å²) in [5.74, 6) is 0.913. The number of rotatable bonds is 7. The van der Waals surface area contributed by atoms with Crippen LogP contribution in [0.4, 0.5) is 5.13 Å². The number of nitrogens with zero attached hydrogens (tertiary/aromatic N) is 3. The highest BCUT2D eigenvalue weighted by Gasteiger charge is 2.26. The molecule has 1 aliphatic rings. The zero-order valence-electron chi connectivity index (χ0n) is 17.2. The van der Waals surface area contributed by atoms with Gasteiger partial charge in [-0.2, -0.15) is 5.26 Å². The Labute approximate surface area is 176 Å². The van der Waals surface area contributed by atoms with E-state index in [2.05, 4.69) is 28.2 Å². The third-order valence-corrected chi connectivity index (χ3v) is 5.98. The number of anilines is 1. The van der Waals surface area contributed by atoms with Gasteiger partial charge in [0.25, 0.3) is 5.91 Å². The second-order valence-electron chi connectivity index (χ2n) is 7.98. The number of hydrogen-bond donors (Lipinski definition) is 1. The zero-order valence-corrected chi connectivity index (χ0v) is 18.0. The highest BCUT2D eigenvalue weighted by atomic mass is 32.1. The first kappa shape index (κ1) is 21.3. The van der Waals surface area contributed by atoms with Gasteiger partial charge >= 0.3 is 0 Å².